The number of hydrogen-bond donors (Lipinski definition) is 0. The molecule has 0 radical (unpaired) electrons. The largest absolute Gasteiger partial charge is 0.497 e. The molecule has 154 valence electrons. The van der Waals surface area contributed by atoms with Crippen molar-refractivity contribution in [1.82, 2.24) is 25.1 Å². The van der Waals surface area contributed by atoms with Gasteiger partial charge in [-0.1, -0.05) is 36.4 Å². The molecule has 0 saturated heterocycles. The number of rotatable bonds is 9. The third kappa shape index (κ3) is 4.93. The van der Waals surface area contributed by atoms with Gasteiger partial charge in [0.05, 0.1) is 19.3 Å². The molecule has 4 rings (SSSR count). The Morgan fingerprint density at radius 2 is 1.80 bits per heavy atom. The van der Waals surface area contributed by atoms with Gasteiger partial charge in [-0.15, -0.1) is 16.4 Å². The van der Waals surface area contributed by atoms with E-state index in [1.807, 2.05) is 47.1 Å². The Bertz CT molecular complexity index is 1030. The van der Waals surface area contributed by atoms with Crippen molar-refractivity contribution < 1.29 is 4.74 Å². The maximum absolute atomic E-state index is 5.30. The van der Waals surface area contributed by atoms with Crippen LogP contribution < -0.4 is 4.74 Å². The highest BCUT2D eigenvalue weighted by molar-refractivity contribution is 7.09. The molecule has 0 spiro atoms. The predicted octanol–water partition coefficient (Wildman–Crippen LogP) is 4.37. The Morgan fingerprint density at radius 1 is 1.00 bits per heavy atom. The van der Waals surface area contributed by atoms with E-state index in [4.69, 9.17) is 4.74 Å². The average Bonchev–Trinajstić information content (AvgIpc) is 3.46. The zero-order valence-electron chi connectivity index (χ0n) is 17.2. The lowest BCUT2D eigenvalue weighted by Gasteiger charge is -2.28. The summed E-state index contributed by atoms with van der Waals surface area (Å²) in [5.74, 6) is 1.69. The lowest BCUT2D eigenvalue weighted by Crippen LogP contribution is -2.34. The predicted molar refractivity (Wildman–Crippen MR) is 119 cm³/mol. The number of hydrogen-bond acceptors (Lipinski definition) is 6. The molecule has 0 unspecified atom stereocenters. The second-order valence-electron chi connectivity index (χ2n) is 7.23. The zero-order chi connectivity index (χ0) is 20.8. The molecule has 0 saturated carbocycles. The van der Waals surface area contributed by atoms with Crippen LogP contribution in [0, 0.1) is 0 Å². The molecule has 1 atom stereocenters. The van der Waals surface area contributed by atoms with Crippen molar-refractivity contribution in [2.45, 2.75) is 32.5 Å². The Morgan fingerprint density at radius 3 is 2.50 bits per heavy atom. The molecule has 6 nitrogen and oxygen atoms in total. The summed E-state index contributed by atoms with van der Waals surface area (Å²) >= 11 is 1.80. The van der Waals surface area contributed by atoms with Gasteiger partial charge in [-0.3, -0.25) is 4.90 Å². The van der Waals surface area contributed by atoms with Crippen LogP contribution in [0.2, 0.25) is 0 Å². The van der Waals surface area contributed by atoms with E-state index in [0.717, 1.165) is 30.2 Å². The van der Waals surface area contributed by atoms with E-state index >= 15 is 0 Å². The minimum absolute atomic E-state index is 0.326. The summed E-state index contributed by atoms with van der Waals surface area (Å²) < 4.78 is 7.12. The van der Waals surface area contributed by atoms with Crippen LogP contribution in [0.1, 0.15) is 23.2 Å². The van der Waals surface area contributed by atoms with Crippen LogP contribution in [0.5, 0.6) is 5.75 Å². The quantitative estimate of drug-likeness (QED) is 0.403. The number of thiophene rings is 1. The van der Waals surface area contributed by atoms with Gasteiger partial charge < -0.3 is 4.74 Å². The minimum atomic E-state index is 0.326. The van der Waals surface area contributed by atoms with E-state index in [1.165, 1.54) is 10.4 Å². The monoisotopic (exact) mass is 419 g/mol. The van der Waals surface area contributed by atoms with Gasteiger partial charge in [0.2, 0.25) is 0 Å². The molecule has 7 heteroatoms. The van der Waals surface area contributed by atoms with Crippen LogP contribution in [0.15, 0.2) is 72.1 Å². The molecule has 2 aromatic carbocycles. The van der Waals surface area contributed by atoms with Crippen LogP contribution in [0.25, 0.3) is 5.69 Å². The van der Waals surface area contributed by atoms with E-state index in [0.29, 0.717) is 12.6 Å². The SMILES string of the molecule is COc1ccc(CN(Cc2nnnn2-c2ccccc2)[C@H](C)Cc2cccs2)cc1. The van der Waals surface area contributed by atoms with E-state index < -0.39 is 0 Å². The molecule has 0 fully saturated rings. The molecule has 4 aromatic rings. The molecule has 0 bridgehead atoms. The topological polar surface area (TPSA) is 56.1 Å². The van der Waals surface area contributed by atoms with E-state index in [9.17, 15) is 0 Å². The standard InChI is InChI=1S/C23H25N5OS/c1-18(15-22-9-6-14-30-22)27(16-19-10-12-21(29-2)13-11-19)17-23-24-25-26-28(23)20-7-4-3-5-8-20/h3-14,18H,15-17H2,1-2H3/t18-/m1/s1. The summed E-state index contributed by atoms with van der Waals surface area (Å²) in [6, 6.07) is 22.9. The molecule has 0 amide bonds. The Balaban J connectivity index is 1.57. The molecule has 2 aromatic heterocycles. The molecule has 0 N–H and O–H groups in total. The van der Waals surface area contributed by atoms with Crippen molar-refractivity contribution in [3.05, 3.63) is 88.4 Å². The van der Waals surface area contributed by atoms with E-state index in [-0.39, 0.29) is 0 Å². The van der Waals surface area contributed by atoms with Gasteiger partial charge >= 0.3 is 0 Å². The molecule has 2 heterocycles. The van der Waals surface area contributed by atoms with Crippen molar-refractivity contribution in [1.29, 1.82) is 0 Å². The number of nitrogens with zero attached hydrogens (tertiary/aromatic N) is 5. The fourth-order valence-electron chi connectivity index (χ4n) is 3.44. The van der Waals surface area contributed by atoms with Crippen molar-refractivity contribution in [2.24, 2.45) is 0 Å². The van der Waals surface area contributed by atoms with Crippen LogP contribution in [0.3, 0.4) is 0 Å². The van der Waals surface area contributed by atoms with Gasteiger partial charge in [-0.2, -0.15) is 4.68 Å². The summed E-state index contributed by atoms with van der Waals surface area (Å²) in [7, 11) is 1.69. The van der Waals surface area contributed by atoms with Crippen molar-refractivity contribution >= 4 is 11.3 Å². The first-order valence-corrected chi connectivity index (χ1v) is 10.8. The second-order valence-corrected chi connectivity index (χ2v) is 8.26. The smallest absolute Gasteiger partial charge is 0.170 e. The molecule has 30 heavy (non-hydrogen) atoms. The van der Waals surface area contributed by atoms with Crippen LogP contribution in [0.4, 0.5) is 0 Å². The summed E-state index contributed by atoms with van der Waals surface area (Å²) in [5.41, 5.74) is 2.19. The van der Waals surface area contributed by atoms with E-state index in [1.54, 1.807) is 18.4 Å². The third-order valence-electron chi connectivity index (χ3n) is 5.12. The third-order valence-corrected chi connectivity index (χ3v) is 6.02. The summed E-state index contributed by atoms with van der Waals surface area (Å²) in [5, 5.41) is 14.6. The fraction of sp³-hybridized carbons (Fsp3) is 0.261. The van der Waals surface area contributed by atoms with Crippen molar-refractivity contribution in [3.8, 4) is 11.4 Å². The van der Waals surface area contributed by atoms with Gasteiger partial charge in [0.15, 0.2) is 5.82 Å². The zero-order valence-corrected chi connectivity index (χ0v) is 18.0. The first-order chi connectivity index (χ1) is 14.7. The highest BCUT2D eigenvalue weighted by Crippen LogP contribution is 2.20. The average molecular weight is 420 g/mol. The van der Waals surface area contributed by atoms with Crippen molar-refractivity contribution in [3.63, 3.8) is 0 Å². The summed E-state index contributed by atoms with van der Waals surface area (Å²) in [4.78, 5) is 3.80. The van der Waals surface area contributed by atoms with Crippen LogP contribution >= 0.6 is 11.3 Å². The van der Waals surface area contributed by atoms with Gasteiger partial charge in [-0.05, 0) is 65.0 Å². The number of para-hydroxylation sites is 1. The number of methoxy groups -OCH3 is 1. The van der Waals surface area contributed by atoms with Gasteiger partial charge in [0.25, 0.3) is 0 Å². The minimum Gasteiger partial charge on any atom is -0.497 e. The highest BCUT2D eigenvalue weighted by Gasteiger charge is 2.20. The Hall–Kier alpha value is -3.03. The van der Waals surface area contributed by atoms with Crippen LogP contribution in [-0.4, -0.2) is 38.3 Å². The van der Waals surface area contributed by atoms with Gasteiger partial charge in [0, 0.05) is 17.5 Å². The Labute approximate surface area is 180 Å². The van der Waals surface area contributed by atoms with Gasteiger partial charge in [-0.25, -0.2) is 0 Å². The summed E-state index contributed by atoms with van der Waals surface area (Å²) in [6.45, 7) is 3.72. The number of tetrazole rings is 1. The summed E-state index contributed by atoms with van der Waals surface area (Å²) in [6.07, 6.45) is 0.987. The number of aromatic nitrogens is 4. The van der Waals surface area contributed by atoms with Crippen molar-refractivity contribution in [2.75, 3.05) is 7.11 Å². The first-order valence-electron chi connectivity index (χ1n) is 9.95. The normalized spacial score (nSPS) is 12.2. The van der Waals surface area contributed by atoms with E-state index in [2.05, 4.69) is 57.0 Å². The molecule has 0 aliphatic carbocycles. The highest BCUT2D eigenvalue weighted by atomic mass is 32.1. The van der Waals surface area contributed by atoms with Crippen LogP contribution in [-0.2, 0) is 19.5 Å². The van der Waals surface area contributed by atoms with Gasteiger partial charge in [0.1, 0.15) is 5.75 Å². The molecule has 0 aliphatic heterocycles. The maximum atomic E-state index is 5.30. The molecular formula is C23H25N5OS. The Kier molecular flexibility index (Phi) is 6.51. The first kappa shape index (κ1) is 20.3. The molecular weight excluding hydrogens is 394 g/mol. The lowest BCUT2D eigenvalue weighted by molar-refractivity contribution is 0.183. The maximum Gasteiger partial charge on any atom is 0.170 e. The second kappa shape index (κ2) is 9.65. The number of ether oxygens (including phenoxy) is 1. The molecule has 0 aliphatic rings. The fourth-order valence-corrected chi connectivity index (χ4v) is 4.26. The lowest BCUT2D eigenvalue weighted by atomic mass is 10.1. The number of benzene rings is 2.